The minimum absolute atomic E-state index is 0.0968. The topological polar surface area (TPSA) is 42.2 Å². The highest BCUT2D eigenvalue weighted by Crippen LogP contribution is 2.15. The molecule has 1 fully saturated rings. The summed E-state index contributed by atoms with van der Waals surface area (Å²) in [6.45, 7) is 1.56. The highest BCUT2D eigenvalue weighted by molar-refractivity contribution is 5.37. The molecule has 1 aliphatic heterocycles. The summed E-state index contributed by atoms with van der Waals surface area (Å²) in [5.74, 6) is 0. The minimum Gasteiger partial charge on any atom is -0.353 e. The number of nitriles is 1. The van der Waals surface area contributed by atoms with Crippen LogP contribution < -0.4 is 0 Å². The molecule has 2 rings (SSSR count). The third-order valence-corrected chi connectivity index (χ3v) is 2.68. The molecular formula is C13H15NO2. The molecule has 0 bridgehead atoms. The van der Waals surface area contributed by atoms with Crippen LogP contribution in [0.2, 0.25) is 0 Å². The second kappa shape index (κ2) is 5.64. The number of hydrogen-bond donors (Lipinski definition) is 0. The maximum atomic E-state index is 8.94. The van der Waals surface area contributed by atoms with E-state index < -0.39 is 0 Å². The fourth-order valence-corrected chi connectivity index (χ4v) is 1.82. The summed E-state index contributed by atoms with van der Waals surface area (Å²) in [6.07, 6.45) is 2.53. The Kier molecular flexibility index (Phi) is 3.92. The Morgan fingerprint density at radius 1 is 1.25 bits per heavy atom. The summed E-state index contributed by atoms with van der Waals surface area (Å²) in [4.78, 5) is 0. The number of aryl methyl sites for hydroxylation is 1. The molecule has 0 N–H and O–H groups in total. The number of hydrogen-bond acceptors (Lipinski definition) is 3. The average molecular weight is 217 g/mol. The second-order valence-corrected chi connectivity index (χ2v) is 3.83. The van der Waals surface area contributed by atoms with E-state index in [0.717, 1.165) is 43.6 Å². The summed E-state index contributed by atoms with van der Waals surface area (Å²) in [5.41, 5.74) is 1.82. The Hall–Kier alpha value is -1.37. The van der Waals surface area contributed by atoms with Crippen molar-refractivity contribution in [3.63, 3.8) is 0 Å². The standard InChI is InChI=1S/C13H15NO2/c14-10-12-5-2-1-4-11(12)6-7-13-15-8-3-9-16-13/h1-2,4-5,13H,3,6-9H2. The molecule has 16 heavy (non-hydrogen) atoms. The molecule has 1 aromatic rings. The van der Waals surface area contributed by atoms with Gasteiger partial charge in [0.2, 0.25) is 0 Å². The molecule has 1 aromatic carbocycles. The predicted molar refractivity (Wildman–Crippen MR) is 59.8 cm³/mol. The van der Waals surface area contributed by atoms with Crippen molar-refractivity contribution in [3.8, 4) is 6.07 Å². The summed E-state index contributed by atoms with van der Waals surface area (Å²) in [5, 5.41) is 8.94. The predicted octanol–water partition coefficient (Wildman–Crippen LogP) is 2.25. The lowest BCUT2D eigenvalue weighted by molar-refractivity contribution is -0.180. The lowest BCUT2D eigenvalue weighted by atomic mass is 10.0. The maximum absolute atomic E-state index is 8.94. The van der Waals surface area contributed by atoms with Crippen LogP contribution >= 0.6 is 0 Å². The van der Waals surface area contributed by atoms with Gasteiger partial charge < -0.3 is 9.47 Å². The molecule has 3 heteroatoms. The highest BCUT2D eigenvalue weighted by atomic mass is 16.7. The van der Waals surface area contributed by atoms with Crippen molar-refractivity contribution >= 4 is 0 Å². The summed E-state index contributed by atoms with van der Waals surface area (Å²) >= 11 is 0. The van der Waals surface area contributed by atoms with Crippen LogP contribution in [0.4, 0.5) is 0 Å². The van der Waals surface area contributed by atoms with Crippen LogP contribution in [-0.4, -0.2) is 19.5 Å². The minimum atomic E-state index is -0.0968. The number of rotatable bonds is 3. The van der Waals surface area contributed by atoms with Gasteiger partial charge in [0.15, 0.2) is 6.29 Å². The first-order chi connectivity index (χ1) is 7.90. The smallest absolute Gasteiger partial charge is 0.157 e. The molecule has 0 spiro atoms. The van der Waals surface area contributed by atoms with E-state index in [4.69, 9.17) is 14.7 Å². The Balaban J connectivity index is 1.91. The van der Waals surface area contributed by atoms with Gasteiger partial charge in [0.25, 0.3) is 0 Å². The van der Waals surface area contributed by atoms with Crippen molar-refractivity contribution in [2.45, 2.75) is 25.6 Å². The van der Waals surface area contributed by atoms with Crippen molar-refractivity contribution < 1.29 is 9.47 Å². The first-order valence-electron chi connectivity index (χ1n) is 5.61. The van der Waals surface area contributed by atoms with Gasteiger partial charge in [0.1, 0.15) is 0 Å². The van der Waals surface area contributed by atoms with E-state index in [1.165, 1.54) is 0 Å². The Bertz CT molecular complexity index is 378. The fourth-order valence-electron chi connectivity index (χ4n) is 1.82. The van der Waals surface area contributed by atoms with Gasteiger partial charge in [-0.1, -0.05) is 18.2 Å². The zero-order valence-electron chi connectivity index (χ0n) is 9.19. The van der Waals surface area contributed by atoms with Crippen molar-refractivity contribution in [1.82, 2.24) is 0 Å². The monoisotopic (exact) mass is 217 g/mol. The van der Waals surface area contributed by atoms with Crippen LogP contribution in [0.1, 0.15) is 24.0 Å². The summed E-state index contributed by atoms with van der Waals surface area (Å²) in [6, 6.07) is 9.88. The molecule has 0 aliphatic carbocycles. The summed E-state index contributed by atoms with van der Waals surface area (Å²) in [7, 11) is 0. The Labute approximate surface area is 95.6 Å². The van der Waals surface area contributed by atoms with Crippen LogP contribution in [0.5, 0.6) is 0 Å². The van der Waals surface area contributed by atoms with E-state index in [0.29, 0.717) is 0 Å². The Morgan fingerprint density at radius 3 is 2.75 bits per heavy atom. The Morgan fingerprint density at radius 2 is 2.00 bits per heavy atom. The van der Waals surface area contributed by atoms with Gasteiger partial charge in [-0.2, -0.15) is 5.26 Å². The van der Waals surface area contributed by atoms with Crippen LogP contribution in [0, 0.1) is 11.3 Å². The van der Waals surface area contributed by atoms with E-state index in [1.807, 2.05) is 24.3 Å². The molecular weight excluding hydrogens is 202 g/mol. The van der Waals surface area contributed by atoms with Crippen molar-refractivity contribution in [1.29, 1.82) is 5.26 Å². The molecule has 0 aromatic heterocycles. The van der Waals surface area contributed by atoms with E-state index in [2.05, 4.69) is 6.07 Å². The number of benzene rings is 1. The normalized spacial score (nSPS) is 16.9. The van der Waals surface area contributed by atoms with Gasteiger partial charge in [-0.15, -0.1) is 0 Å². The molecule has 0 saturated carbocycles. The van der Waals surface area contributed by atoms with Gasteiger partial charge in [0.05, 0.1) is 24.8 Å². The molecule has 0 radical (unpaired) electrons. The first kappa shape index (κ1) is 11.1. The molecule has 1 heterocycles. The van der Waals surface area contributed by atoms with Crippen LogP contribution in [0.25, 0.3) is 0 Å². The summed E-state index contributed by atoms with van der Waals surface area (Å²) < 4.78 is 10.9. The SMILES string of the molecule is N#Cc1ccccc1CCC1OCCCO1. The second-order valence-electron chi connectivity index (χ2n) is 3.83. The van der Waals surface area contributed by atoms with E-state index in [-0.39, 0.29) is 6.29 Å². The largest absolute Gasteiger partial charge is 0.353 e. The van der Waals surface area contributed by atoms with Gasteiger partial charge in [-0.25, -0.2) is 0 Å². The highest BCUT2D eigenvalue weighted by Gasteiger charge is 2.14. The number of ether oxygens (including phenoxy) is 2. The van der Waals surface area contributed by atoms with Gasteiger partial charge in [-0.05, 0) is 24.5 Å². The zero-order valence-corrected chi connectivity index (χ0v) is 9.19. The molecule has 0 amide bonds. The van der Waals surface area contributed by atoms with Crippen LogP contribution in [0.3, 0.4) is 0 Å². The van der Waals surface area contributed by atoms with Crippen molar-refractivity contribution in [2.75, 3.05) is 13.2 Å². The average Bonchev–Trinajstić information content (AvgIpc) is 2.38. The van der Waals surface area contributed by atoms with Gasteiger partial charge >= 0.3 is 0 Å². The molecule has 1 saturated heterocycles. The zero-order chi connectivity index (χ0) is 11.2. The number of nitrogens with zero attached hydrogens (tertiary/aromatic N) is 1. The molecule has 1 aliphatic rings. The van der Waals surface area contributed by atoms with Gasteiger partial charge in [0, 0.05) is 6.42 Å². The van der Waals surface area contributed by atoms with E-state index in [1.54, 1.807) is 0 Å². The molecule has 0 unspecified atom stereocenters. The van der Waals surface area contributed by atoms with Crippen molar-refractivity contribution in [2.24, 2.45) is 0 Å². The van der Waals surface area contributed by atoms with Crippen molar-refractivity contribution in [3.05, 3.63) is 35.4 Å². The quantitative estimate of drug-likeness (QED) is 0.779. The van der Waals surface area contributed by atoms with E-state index >= 15 is 0 Å². The maximum Gasteiger partial charge on any atom is 0.157 e. The lowest BCUT2D eigenvalue weighted by Gasteiger charge is -2.23. The third-order valence-electron chi connectivity index (χ3n) is 2.68. The lowest BCUT2D eigenvalue weighted by Crippen LogP contribution is -2.25. The fraction of sp³-hybridized carbons (Fsp3) is 0.462. The van der Waals surface area contributed by atoms with Crippen LogP contribution in [0.15, 0.2) is 24.3 Å². The van der Waals surface area contributed by atoms with E-state index in [9.17, 15) is 0 Å². The molecule has 3 nitrogen and oxygen atoms in total. The first-order valence-corrected chi connectivity index (χ1v) is 5.61. The van der Waals surface area contributed by atoms with Crippen LogP contribution in [-0.2, 0) is 15.9 Å². The molecule has 0 atom stereocenters. The molecule has 84 valence electrons. The van der Waals surface area contributed by atoms with Gasteiger partial charge in [-0.3, -0.25) is 0 Å². The third kappa shape index (κ3) is 2.82.